The summed E-state index contributed by atoms with van der Waals surface area (Å²) in [6, 6.07) is 0. The Hall–Kier alpha value is -0.610. The second-order valence-electron chi connectivity index (χ2n) is 4.82. The van der Waals surface area contributed by atoms with Gasteiger partial charge < -0.3 is 16.0 Å². The predicted octanol–water partition coefficient (Wildman–Crippen LogP) is -0.207. The van der Waals surface area contributed by atoms with Gasteiger partial charge in [-0.25, -0.2) is 0 Å². The van der Waals surface area contributed by atoms with E-state index < -0.39 is 0 Å². The van der Waals surface area contributed by atoms with Crippen molar-refractivity contribution in [2.45, 2.75) is 19.3 Å². The fraction of sp³-hybridized carbons (Fsp3) is 0.909. The van der Waals surface area contributed by atoms with Crippen molar-refractivity contribution in [1.82, 2.24) is 10.2 Å². The van der Waals surface area contributed by atoms with E-state index in [1.54, 1.807) is 0 Å². The number of hydrogen-bond donors (Lipinski definition) is 2. The first-order valence-electron chi connectivity index (χ1n) is 5.98. The summed E-state index contributed by atoms with van der Waals surface area (Å²) in [6.07, 6.45) is 3.16. The highest BCUT2D eigenvalue weighted by molar-refractivity contribution is 5.78. The summed E-state index contributed by atoms with van der Waals surface area (Å²) in [5.74, 6) is 1.35. The molecule has 2 rings (SSSR count). The van der Waals surface area contributed by atoms with E-state index in [0.717, 1.165) is 26.2 Å². The van der Waals surface area contributed by atoms with Crippen LogP contribution < -0.4 is 11.1 Å². The number of carbonyl (C=O) groups excluding carboxylic acids is 1. The third-order valence-corrected chi connectivity index (χ3v) is 3.51. The normalized spacial score (nSPS) is 32.3. The summed E-state index contributed by atoms with van der Waals surface area (Å²) < 4.78 is 0. The van der Waals surface area contributed by atoms with Crippen LogP contribution in [-0.4, -0.2) is 43.5 Å². The van der Waals surface area contributed by atoms with Gasteiger partial charge in [0, 0.05) is 19.5 Å². The number of likely N-dealkylation sites (tertiary alicyclic amines) is 1. The van der Waals surface area contributed by atoms with Crippen molar-refractivity contribution in [3.8, 4) is 0 Å². The lowest BCUT2D eigenvalue weighted by atomic mass is 9.99. The number of hydrogen-bond acceptors (Lipinski definition) is 3. The first kappa shape index (κ1) is 10.9. The lowest BCUT2D eigenvalue weighted by Crippen LogP contribution is -2.39. The maximum absolute atomic E-state index is 11.7. The molecule has 4 heteroatoms. The van der Waals surface area contributed by atoms with Crippen molar-refractivity contribution in [1.29, 1.82) is 0 Å². The number of piperidine rings is 1. The number of nitrogens with one attached hydrogen (secondary N) is 1. The summed E-state index contributed by atoms with van der Waals surface area (Å²) >= 11 is 0. The van der Waals surface area contributed by atoms with Gasteiger partial charge in [0.25, 0.3) is 0 Å². The second-order valence-corrected chi connectivity index (χ2v) is 4.82. The van der Waals surface area contributed by atoms with Crippen LogP contribution in [0, 0.1) is 11.8 Å². The van der Waals surface area contributed by atoms with E-state index in [0.29, 0.717) is 30.7 Å². The van der Waals surface area contributed by atoms with Gasteiger partial charge in [0.15, 0.2) is 0 Å². The maximum Gasteiger partial charge on any atom is 0.222 e. The number of nitrogens with two attached hydrogens (primary N) is 1. The topological polar surface area (TPSA) is 58.4 Å². The number of carbonyl (C=O) groups is 1. The van der Waals surface area contributed by atoms with E-state index in [1.165, 1.54) is 12.8 Å². The minimum absolute atomic E-state index is 0.302. The SMILES string of the molecule is NCC1CC(=O)N(CC2CCCNC2)C1. The molecule has 2 aliphatic heterocycles. The van der Waals surface area contributed by atoms with Crippen LogP contribution in [0.25, 0.3) is 0 Å². The molecule has 0 aliphatic carbocycles. The van der Waals surface area contributed by atoms with Crippen LogP contribution in [0.5, 0.6) is 0 Å². The minimum Gasteiger partial charge on any atom is -0.342 e. The molecule has 0 aromatic rings. The molecule has 0 aromatic carbocycles. The van der Waals surface area contributed by atoms with Crippen LogP contribution in [0.2, 0.25) is 0 Å². The molecule has 2 saturated heterocycles. The highest BCUT2D eigenvalue weighted by Crippen LogP contribution is 2.20. The Labute approximate surface area is 91.2 Å². The Kier molecular flexibility index (Phi) is 3.59. The summed E-state index contributed by atoms with van der Waals surface area (Å²) in [5.41, 5.74) is 5.60. The Bertz CT molecular complexity index is 226. The zero-order valence-electron chi connectivity index (χ0n) is 9.24. The van der Waals surface area contributed by atoms with Gasteiger partial charge in [0.05, 0.1) is 0 Å². The van der Waals surface area contributed by atoms with Gasteiger partial charge in [-0.15, -0.1) is 0 Å². The van der Waals surface area contributed by atoms with E-state index in [9.17, 15) is 4.79 Å². The molecule has 2 fully saturated rings. The number of nitrogens with zero attached hydrogens (tertiary/aromatic N) is 1. The third-order valence-electron chi connectivity index (χ3n) is 3.51. The zero-order valence-corrected chi connectivity index (χ0v) is 9.24. The highest BCUT2D eigenvalue weighted by atomic mass is 16.2. The molecule has 2 aliphatic rings. The van der Waals surface area contributed by atoms with Gasteiger partial charge in [0.2, 0.25) is 5.91 Å². The highest BCUT2D eigenvalue weighted by Gasteiger charge is 2.30. The smallest absolute Gasteiger partial charge is 0.222 e. The molecular weight excluding hydrogens is 190 g/mol. The van der Waals surface area contributed by atoms with Crippen molar-refractivity contribution in [2.24, 2.45) is 17.6 Å². The fourth-order valence-corrected chi connectivity index (χ4v) is 2.58. The Morgan fingerprint density at radius 1 is 1.47 bits per heavy atom. The van der Waals surface area contributed by atoms with Crippen LogP contribution in [0.3, 0.4) is 0 Å². The molecule has 0 aromatic heterocycles. The summed E-state index contributed by atoms with van der Waals surface area (Å²) in [7, 11) is 0. The van der Waals surface area contributed by atoms with E-state index in [-0.39, 0.29) is 0 Å². The Balaban J connectivity index is 1.81. The van der Waals surface area contributed by atoms with Crippen molar-refractivity contribution < 1.29 is 4.79 Å². The molecule has 1 amide bonds. The summed E-state index contributed by atoms with van der Waals surface area (Å²) in [4.78, 5) is 13.7. The molecule has 2 heterocycles. The second kappa shape index (κ2) is 4.94. The monoisotopic (exact) mass is 211 g/mol. The van der Waals surface area contributed by atoms with Gasteiger partial charge in [-0.2, -0.15) is 0 Å². The third kappa shape index (κ3) is 2.69. The molecule has 3 N–H and O–H groups in total. The van der Waals surface area contributed by atoms with Crippen molar-refractivity contribution in [3.05, 3.63) is 0 Å². The van der Waals surface area contributed by atoms with Crippen LogP contribution in [0.1, 0.15) is 19.3 Å². The molecular formula is C11H21N3O. The van der Waals surface area contributed by atoms with Gasteiger partial charge in [-0.3, -0.25) is 4.79 Å². The standard InChI is InChI=1S/C11H21N3O/c12-5-10-4-11(15)14(8-10)7-9-2-1-3-13-6-9/h9-10,13H,1-8,12H2. The lowest BCUT2D eigenvalue weighted by molar-refractivity contribution is -0.128. The van der Waals surface area contributed by atoms with Crippen molar-refractivity contribution in [3.63, 3.8) is 0 Å². The molecule has 2 unspecified atom stereocenters. The van der Waals surface area contributed by atoms with Gasteiger partial charge >= 0.3 is 0 Å². The van der Waals surface area contributed by atoms with E-state index in [4.69, 9.17) is 5.73 Å². The van der Waals surface area contributed by atoms with Gasteiger partial charge in [-0.1, -0.05) is 0 Å². The van der Waals surface area contributed by atoms with Crippen molar-refractivity contribution >= 4 is 5.91 Å². The van der Waals surface area contributed by atoms with Gasteiger partial charge in [0.1, 0.15) is 0 Å². The Morgan fingerprint density at radius 3 is 2.93 bits per heavy atom. The molecule has 0 radical (unpaired) electrons. The van der Waals surface area contributed by atoms with Crippen LogP contribution in [0.4, 0.5) is 0 Å². The molecule has 0 spiro atoms. The fourth-order valence-electron chi connectivity index (χ4n) is 2.58. The Morgan fingerprint density at radius 2 is 2.33 bits per heavy atom. The van der Waals surface area contributed by atoms with Crippen molar-refractivity contribution in [2.75, 3.05) is 32.7 Å². The first-order chi connectivity index (χ1) is 7.29. The molecule has 0 bridgehead atoms. The summed E-state index contributed by atoms with van der Waals surface area (Å²) in [6.45, 7) is 4.66. The zero-order chi connectivity index (χ0) is 10.7. The maximum atomic E-state index is 11.7. The van der Waals surface area contributed by atoms with E-state index >= 15 is 0 Å². The van der Waals surface area contributed by atoms with Crippen LogP contribution in [-0.2, 0) is 4.79 Å². The molecule has 15 heavy (non-hydrogen) atoms. The molecule has 2 atom stereocenters. The molecule has 0 saturated carbocycles. The number of amides is 1. The first-order valence-corrected chi connectivity index (χ1v) is 5.98. The largest absolute Gasteiger partial charge is 0.342 e. The lowest BCUT2D eigenvalue weighted by Gasteiger charge is -2.27. The minimum atomic E-state index is 0.302. The van der Waals surface area contributed by atoms with E-state index in [2.05, 4.69) is 5.32 Å². The quantitative estimate of drug-likeness (QED) is 0.679. The number of rotatable bonds is 3. The molecule has 86 valence electrons. The van der Waals surface area contributed by atoms with Gasteiger partial charge in [-0.05, 0) is 44.3 Å². The predicted molar refractivity (Wildman–Crippen MR) is 59.3 cm³/mol. The van der Waals surface area contributed by atoms with E-state index in [1.807, 2.05) is 4.90 Å². The molecule has 4 nitrogen and oxygen atoms in total. The van der Waals surface area contributed by atoms with Crippen LogP contribution >= 0.6 is 0 Å². The average molecular weight is 211 g/mol. The summed E-state index contributed by atoms with van der Waals surface area (Å²) in [5, 5.41) is 3.39. The van der Waals surface area contributed by atoms with Crippen LogP contribution in [0.15, 0.2) is 0 Å². The average Bonchev–Trinajstić information content (AvgIpc) is 2.61.